The number of aliphatic imine (C=N–C) groups is 1. The minimum Gasteiger partial charge on any atom is -0.356 e. The monoisotopic (exact) mass is 238 g/mol. The van der Waals surface area contributed by atoms with Gasteiger partial charge in [0.25, 0.3) is 0 Å². The molecular formula is C11H22N6. The quantitative estimate of drug-likeness (QED) is 0.436. The molecule has 6 heteroatoms. The SMILES string of the molecule is CCCCNC(=NC)NCc1nncn1CC. The zero-order valence-electron chi connectivity index (χ0n) is 10.9. The maximum Gasteiger partial charge on any atom is 0.191 e. The van der Waals surface area contributed by atoms with Gasteiger partial charge in [-0.2, -0.15) is 0 Å². The van der Waals surface area contributed by atoms with E-state index < -0.39 is 0 Å². The van der Waals surface area contributed by atoms with Gasteiger partial charge in [-0.25, -0.2) is 0 Å². The van der Waals surface area contributed by atoms with Crippen molar-refractivity contribution in [2.45, 2.75) is 39.8 Å². The van der Waals surface area contributed by atoms with Gasteiger partial charge >= 0.3 is 0 Å². The molecule has 0 amide bonds. The lowest BCUT2D eigenvalue weighted by Gasteiger charge is -2.11. The van der Waals surface area contributed by atoms with E-state index in [4.69, 9.17) is 0 Å². The van der Waals surface area contributed by atoms with Crippen molar-refractivity contribution in [3.8, 4) is 0 Å². The Hall–Kier alpha value is -1.59. The predicted octanol–water partition coefficient (Wildman–Crippen LogP) is 0.763. The number of nitrogens with zero attached hydrogens (tertiary/aromatic N) is 4. The summed E-state index contributed by atoms with van der Waals surface area (Å²) in [5.74, 6) is 1.73. The average Bonchev–Trinajstić information content (AvgIpc) is 2.81. The first-order valence-electron chi connectivity index (χ1n) is 6.13. The normalized spacial score (nSPS) is 11.6. The first-order chi connectivity index (χ1) is 8.31. The summed E-state index contributed by atoms with van der Waals surface area (Å²) in [4.78, 5) is 4.15. The van der Waals surface area contributed by atoms with Gasteiger partial charge in [0.1, 0.15) is 6.33 Å². The standard InChI is InChI=1S/C11H22N6/c1-4-6-7-13-11(12-3)14-8-10-16-15-9-17(10)5-2/h9H,4-8H2,1-3H3,(H2,12,13,14). The smallest absolute Gasteiger partial charge is 0.191 e. The van der Waals surface area contributed by atoms with Crippen LogP contribution in [-0.4, -0.2) is 34.3 Å². The van der Waals surface area contributed by atoms with Crippen LogP contribution < -0.4 is 10.6 Å². The van der Waals surface area contributed by atoms with Gasteiger partial charge in [-0.05, 0) is 13.3 Å². The van der Waals surface area contributed by atoms with Gasteiger partial charge in [0.15, 0.2) is 11.8 Å². The first kappa shape index (κ1) is 13.5. The van der Waals surface area contributed by atoms with Gasteiger partial charge < -0.3 is 15.2 Å². The molecule has 0 spiro atoms. The molecule has 0 saturated heterocycles. The Bertz CT molecular complexity index is 343. The molecule has 0 aromatic carbocycles. The van der Waals surface area contributed by atoms with E-state index in [-0.39, 0.29) is 0 Å². The van der Waals surface area contributed by atoms with Gasteiger partial charge in [0, 0.05) is 20.1 Å². The fraction of sp³-hybridized carbons (Fsp3) is 0.727. The highest BCUT2D eigenvalue weighted by molar-refractivity contribution is 5.79. The Morgan fingerprint density at radius 3 is 2.88 bits per heavy atom. The summed E-state index contributed by atoms with van der Waals surface area (Å²) in [5, 5.41) is 14.4. The van der Waals surface area contributed by atoms with Crippen LogP contribution >= 0.6 is 0 Å². The van der Waals surface area contributed by atoms with Crippen LogP contribution in [0.2, 0.25) is 0 Å². The summed E-state index contributed by atoms with van der Waals surface area (Å²) in [6, 6.07) is 0. The first-order valence-corrected chi connectivity index (χ1v) is 6.13. The van der Waals surface area contributed by atoms with E-state index in [2.05, 4.69) is 39.7 Å². The van der Waals surface area contributed by atoms with Gasteiger partial charge in [-0.15, -0.1) is 10.2 Å². The molecule has 1 aromatic heterocycles. The number of unbranched alkanes of at least 4 members (excludes halogenated alkanes) is 1. The van der Waals surface area contributed by atoms with E-state index in [1.807, 2.05) is 4.57 Å². The van der Waals surface area contributed by atoms with Crippen molar-refractivity contribution in [3.63, 3.8) is 0 Å². The van der Waals surface area contributed by atoms with Crippen molar-refractivity contribution in [1.82, 2.24) is 25.4 Å². The van der Waals surface area contributed by atoms with E-state index in [9.17, 15) is 0 Å². The van der Waals surface area contributed by atoms with Crippen LogP contribution in [0.3, 0.4) is 0 Å². The summed E-state index contributed by atoms with van der Waals surface area (Å²) >= 11 is 0. The zero-order valence-corrected chi connectivity index (χ0v) is 10.9. The highest BCUT2D eigenvalue weighted by Crippen LogP contribution is 1.93. The summed E-state index contributed by atoms with van der Waals surface area (Å²) in [5.41, 5.74) is 0. The molecule has 0 bridgehead atoms. The molecule has 0 aliphatic heterocycles. The molecule has 1 rings (SSSR count). The van der Waals surface area contributed by atoms with Gasteiger partial charge in [-0.3, -0.25) is 4.99 Å². The van der Waals surface area contributed by atoms with Crippen molar-refractivity contribution >= 4 is 5.96 Å². The van der Waals surface area contributed by atoms with Crippen LogP contribution in [0.4, 0.5) is 0 Å². The third-order valence-electron chi connectivity index (χ3n) is 2.50. The number of guanidine groups is 1. The lowest BCUT2D eigenvalue weighted by molar-refractivity contribution is 0.665. The maximum absolute atomic E-state index is 4.15. The number of aryl methyl sites for hydroxylation is 1. The van der Waals surface area contributed by atoms with Crippen molar-refractivity contribution in [2.24, 2.45) is 4.99 Å². The second-order valence-corrected chi connectivity index (χ2v) is 3.74. The molecule has 0 aliphatic carbocycles. The van der Waals surface area contributed by atoms with Crippen LogP contribution in [0.15, 0.2) is 11.3 Å². The number of nitrogens with one attached hydrogen (secondary N) is 2. The Morgan fingerprint density at radius 1 is 1.41 bits per heavy atom. The molecule has 0 aliphatic rings. The maximum atomic E-state index is 4.15. The van der Waals surface area contributed by atoms with Crippen molar-refractivity contribution in [3.05, 3.63) is 12.2 Å². The molecule has 0 atom stereocenters. The van der Waals surface area contributed by atoms with Crippen LogP contribution in [0.5, 0.6) is 0 Å². The lowest BCUT2D eigenvalue weighted by atomic mass is 10.3. The van der Waals surface area contributed by atoms with E-state index in [0.29, 0.717) is 6.54 Å². The summed E-state index contributed by atoms with van der Waals surface area (Å²) in [7, 11) is 1.77. The minimum atomic E-state index is 0.639. The zero-order chi connectivity index (χ0) is 12.5. The summed E-state index contributed by atoms with van der Waals surface area (Å²) in [6.07, 6.45) is 4.06. The number of hydrogen-bond donors (Lipinski definition) is 2. The van der Waals surface area contributed by atoms with E-state index >= 15 is 0 Å². The molecule has 1 aromatic rings. The van der Waals surface area contributed by atoms with Crippen molar-refractivity contribution in [1.29, 1.82) is 0 Å². The second-order valence-electron chi connectivity index (χ2n) is 3.74. The van der Waals surface area contributed by atoms with Gasteiger partial charge in [0.05, 0.1) is 6.54 Å². The molecule has 0 unspecified atom stereocenters. The van der Waals surface area contributed by atoms with E-state index in [0.717, 1.165) is 31.3 Å². The highest BCUT2D eigenvalue weighted by Gasteiger charge is 2.03. The molecule has 96 valence electrons. The highest BCUT2D eigenvalue weighted by atomic mass is 15.3. The Balaban J connectivity index is 2.37. The minimum absolute atomic E-state index is 0.639. The number of hydrogen-bond acceptors (Lipinski definition) is 3. The van der Waals surface area contributed by atoms with Crippen LogP contribution in [0.1, 0.15) is 32.5 Å². The fourth-order valence-electron chi connectivity index (χ4n) is 1.45. The van der Waals surface area contributed by atoms with Crippen LogP contribution in [0.25, 0.3) is 0 Å². The summed E-state index contributed by atoms with van der Waals surface area (Å²) in [6.45, 7) is 6.70. The summed E-state index contributed by atoms with van der Waals surface area (Å²) < 4.78 is 2.01. The van der Waals surface area contributed by atoms with Crippen molar-refractivity contribution < 1.29 is 0 Å². The molecule has 0 fully saturated rings. The van der Waals surface area contributed by atoms with Gasteiger partial charge in [0.2, 0.25) is 0 Å². The number of aromatic nitrogens is 3. The van der Waals surface area contributed by atoms with Crippen molar-refractivity contribution in [2.75, 3.05) is 13.6 Å². The van der Waals surface area contributed by atoms with Gasteiger partial charge in [-0.1, -0.05) is 13.3 Å². The Kier molecular flexibility index (Phi) is 6.06. The third-order valence-corrected chi connectivity index (χ3v) is 2.50. The molecule has 1 heterocycles. The largest absolute Gasteiger partial charge is 0.356 e. The molecule has 0 saturated carbocycles. The Morgan fingerprint density at radius 2 is 2.24 bits per heavy atom. The Labute approximate surface area is 103 Å². The predicted molar refractivity (Wildman–Crippen MR) is 68.8 cm³/mol. The molecule has 17 heavy (non-hydrogen) atoms. The van der Waals surface area contributed by atoms with E-state index in [1.54, 1.807) is 13.4 Å². The third kappa shape index (κ3) is 4.42. The average molecular weight is 238 g/mol. The topological polar surface area (TPSA) is 67.1 Å². The van der Waals surface area contributed by atoms with Crippen LogP contribution in [0, 0.1) is 0 Å². The molecular weight excluding hydrogens is 216 g/mol. The fourth-order valence-corrected chi connectivity index (χ4v) is 1.45. The van der Waals surface area contributed by atoms with E-state index in [1.165, 1.54) is 6.42 Å². The van der Waals surface area contributed by atoms with Crippen LogP contribution in [-0.2, 0) is 13.1 Å². The number of rotatable bonds is 6. The molecule has 0 radical (unpaired) electrons. The second kappa shape index (κ2) is 7.65. The molecule has 2 N–H and O–H groups in total. The molecule has 6 nitrogen and oxygen atoms in total. The lowest BCUT2D eigenvalue weighted by Crippen LogP contribution is -2.37.